The maximum absolute atomic E-state index is 15.6. The number of aromatic amines is 1. The number of alkyl halides is 1. The third-order valence-electron chi connectivity index (χ3n) is 6.45. The van der Waals surface area contributed by atoms with Gasteiger partial charge in [0.1, 0.15) is 29.7 Å². The molecule has 0 bridgehead atoms. The first kappa shape index (κ1) is 27.7. The standard InChI is InChI=1S/C28H28F3N3O2.C2H6/c1-28(2,31)16-34-11-10-21-20-8-3-4-9-24(20)33-26(21)27(34)25-22(29)12-19(13-23(25)30)36-15-18-7-5-6-17(14-35)32-18;1-2/h3-9,12-13,27,33,35H,10-11,14-16H2,1-2H3;1-2H3. The molecule has 0 spiro atoms. The second-order valence-electron chi connectivity index (χ2n) is 9.77. The Bertz CT molecular complexity index is 1370. The van der Waals surface area contributed by atoms with Crippen LogP contribution in [0.25, 0.3) is 10.9 Å². The van der Waals surface area contributed by atoms with Gasteiger partial charge in [0.25, 0.3) is 0 Å². The van der Waals surface area contributed by atoms with Crippen molar-refractivity contribution in [1.82, 2.24) is 14.9 Å². The van der Waals surface area contributed by atoms with E-state index in [0.717, 1.165) is 28.6 Å². The summed E-state index contributed by atoms with van der Waals surface area (Å²) in [5.41, 5.74) is 1.88. The van der Waals surface area contributed by atoms with E-state index in [9.17, 15) is 9.50 Å². The first-order valence-corrected chi connectivity index (χ1v) is 12.9. The summed E-state index contributed by atoms with van der Waals surface area (Å²) in [4.78, 5) is 9.37. The van der Waals surface area contributed by atoms with Crippen LogP contribution in [0.1, 0.15) is 61.9 Å². The number of aliphatic hydroxyl groups is 1. The van der Waals surface area contributed by atoms with Crippen LogP contribution < -0.4 is 4.74 Å². The molecule has 38 heavy (non-hydrogen) atoms. The molecule has 0 saturated heterocycles. The fraction of sp³-hybridized carbons (Fsp3) is 0.367. The topological polar surface area (TPSA) is 61.4 Å². The number of benzene rings is 2. The molecule has 5 nitrogen and oxygen atoms in total. The van der Waals surface area contributed by atoms with Gasteiger partial charge in [-0.1, -0.05) is 38.1 Å². The van der Waals surface area contributed by atoms with Crippen molar-refractivity contribution in [2.45, 2.75) is 59.0 Å². The number of nitrogens with one attached hydrogen (secondary N) is 1. The Morgan fingerprint density at radius 1 is 1.05 bits per heavy atom. The molecule has 2 aromatic carbocycles. The molecule has 2 N–H and O–H groups in total. The van der Waals surface area contributed by atoms with E-state index in [1.807, 2.05) is 38.1 Å². The molecule has 8 heteroatoms. The highest BCUT2D eigenvalue weighted by Crippen LogP contribution is 2.41. The molecule has 1 aliphatic rings. The molecule has 1 unspecified atom stereocenters. The number of hydrogen-bond donors (Lipinski definition) is 2. The van der Waals surface area contributed by atoms with Crippen molar-refractivity contribution in [3.63, 3.8) is 0 Å². The zero-order valence-electron chi connectivity index (χ0n) is 22.2. The summed E-state index contributed by atoms with van der Waals surface area (Å²) in [6, 6.07) is 14.4. The number of pyridine rings is 1. The summed E-state index contributed by atoms with van der Waals surface area (Å²) < 4.78 is 51.5. The van der Waals surface area contributed by atoms with E-state index in [1.54, 1.807) is 23.1 Å². The zero-order valence-corrected chi connectivity index (χ0v) is 22.2. The minimum absolute atomic E-state index is 0.0101. The zero-order chi connectivity index (χ0) is 27.4. The number of hydrogen-bond acceptors (Lipinski definition) is 4. The Balaban J connectivity index is 0.00000164. The molecule has 5 rings (SSSR count). The van der Waals surface area contributed by atoms with Gasteiger partial charge in [0, 0.05) is 47.4 Å². The van der Waals surface area contributed by atoms with Crippen LogP contribution in [0.5, 0.6) is 5.75 Å². The summed E-state index contributed by atoms with van der Waals surface area (Å²) in [6.45, 7) is 7.20. The Morgan fingerprint density at radius 3 is 2.42 bits per heavy atom. The van der Waals surface area contributed by atoms with Gasteiger partial charge in [-0.2, -0.15) is 0 Å². The molecule has 1 atom stereocenters. The van der Waals surface area contributed by atoms with Crippen molar-refractivity contribution in [3.05, 3.63) is 94.4 Å². The van der Waals surface area contributed by atoms with Crippen LogP contribution in [-0.2, 0) is 19.6 Å². The molecular weight excluding hydrogens is 491 g/mol. The number of fused-ring (bicyclic) bond motifs is 3. The van der Waals surface area contributed by atoms with E-state index in [-0.39, 0.29) is 31.1 Å². The second-order valence-corrected chi connectivity index (χ2v) is 9.77. The summed E-state index contributed by atoms with van der Waals surface area (Å²) >= 11 is 0. The van der Waals surface area contributed by atoms with E-state index >= 15 is 8.78 Å². The predicted octanol–water partition coefficient (Wildman–Crippen LogP) is 6.63. The maximum Gasteiger partial charge on any atom is 0.135 e. The lowest BCUT2D eigenvalue weighted by atomic mass is 9.90. The summed E-state index contributed by atoms with van der Waals surface area (Å²) in [6.07, 6.45) is 0.649. The van der Waals surface area contributed by atoms with Gasteiger partial charge >= 0.3 is 0 Å². The fourth-order valence-corrected chi connectivity index (χ4v) is 5.03. The minimum Gasteiger partial charge on any atom is -0.487 e. The number of aliphatic hydroxyl groups excluding tert-OH is 1. The van der Waals surface area contributed by atoms with Gasteiger partial charge in [-0.25, -0.2) is 13.2 Å². The van der Waals surface area contributed by atoms with Crippen LogP contribution in [0.2, 0.25) is 0 Å². The largest absolute Gasteiger partial charge is 0.487 e. The Hall–Kier alpha value is -3.36. The number of H-pyrrole nitrogens is 1. The van der Waals surface area contributed by atoms with Crippen molar-refractivity contribution in [1.29, 1.82) is 0 Å². The molecule has 0 radical (unpaired) electrons. The molecule has 3 heterocycles. The lowest BCUT2D eigenvalue weighted by Crippen LogP contribution is -2.43. The van der Waals surface area contributed by atoms with Crippen LogP contribution in [0.15, 0.2) is 54.6 Å². The van der Waals surface area contributed by atoms with Crippen LogP contribution in [0, 0.1) is 11.6 Å². The highest BCUT2D eigenvalue weighted by Gasteiger charge is 2.37. The molecule has 0 aliphatic carbocycles. The highest BCUT2D eigenvalue weighted by atomic mass is 19.1. The molecule has 4 aromatic rings. The molecule has 202 valence electrons. The van der Waals surface area contributed by atoms with Gasteiger partial charge in [0.2, 0.25) is 0 Å². The first-order chi connectivity index (χ1) is 18.2. The maximum atomic E-state index is 15.6. The third-order valence-corrected chi connectivity index (χ3v) is 6.45. The summed E-state index contributed by atoms with van der Waals surface area (Å²) in [5, 5.41) is 10.3. The average Bonchev–Trinajstić information content (AvgIpc) is 3.27. The lowest BCUT2D eigenvalue weighted by Gasteiger charge is -2.38. The van der Waals surface area contributed by atoms with Crippen molar-refractivity contribution < 1.29 is 23.0 Å². The van der Waals surface area contributed by atoms with Gasteiger partial charge in [0.15, 0.2) is 0 Å². The van der Waals surface area contributed by atoms with E-state index in [4.69, 9.17) is 4.74 Å². The van der Waals surface area contributed by atoms with E-state index in [2.05, 4.69) is 9.97 Å². The van der Waals surface area contributed by atoms with Gasteiger partial charge < -0.3 is 14.8 Å². The normalized spacial score (nSPS) is 15.6. The molecule has 2 aromatic heterocycles. The number of ether oxygens (including phenoxy) is 1. The van der Waals surface area contributed by atoms with E-state index < -0.39 is 23.3 Å². The van der Waals surface area contributed by atoms with Gasteiger partial charge in [-0.15, -0.1) is 0 Å². The monoisotopic (exact) mass is 525 g/mol. The Morgan fingerprint density at radius 2 is 1.74 bits per heavy atom. The van der Waals surface area contributed by atoms with Crippen molar-refractivity contribution in [2.24, 2.45) is 0 Å². The molecule has 1 aliphatic heterocycles. The minimum atomic E-state index is -1.55. The van der Waals surface area contributed by atoms with Crippen LogP contribution in [0.3, 0.4) is 0 Å². The summed E-state index contributed by atoms with van der Waals surface area (Å²) in [7, 11) is 0. The van der Waals surface area contributed by atoms with Gasteiger partial charge in [0.05, 0.1) is 24.0 Å². The fourth-order valence-electron chi connectivity index (χ4n) is 5.03. The van der Waals surface area contributed by atoms with Crippen molar-refractivity contribution in [2.75, 3.05) is 13.1 Å². The SMILES string of the molecule is CC.CC(C)(F)CN1CCc2c([nH]c3ccccc23)C1c1c(F)cc(OCc2cccc(CO)n2)cc1F. The molecule has 0 amide bonds. The summed E-state index contributed by atoms with van der Waals surface area (Å²) in [5.74, 6) is -1.50. The Labute approximate surface area is 221 Å². The third kappa shape index (κ3) is 5.87. The Kier molecular flexibility index (Phi) is 8.43. The second kappa shape index (κ2) is 11.6. The van der Waals surface area contributed by atoms with Crippen LogP contribution in [-0.4, -0.2) is 38.7 Å². The average molecular weight is 526 g/mol. The van der Waals surface area contributed by atoms with Crippen molar-refractivity contribution >= 4 is 10.9 Å². The predicted molar refractivity (Wildman–Crippen MR) is 143 cm³/mol. The highest BCUT2D eigenvalue weighted by molar-refractivity contribution is 5.85. The first-order valence-electron chi connectivity index (χ1n) is 12.9. The lowest BCUT2D eigenvalue weighted by molar-refractivity contribution is 0.0962. The number of aromatic nitrogens is 2. The smallest absolute Gasteiger partial charge is 0.135 e. The quantitative estimate of drug-likeness (QED) is 0.284. The number of halogens is 3. The number of nitrogens with zero attached hydrogens (tertiary/aromatic N) is 2. The molecule has 0 saturated carbocycles. The van der Waals surface area contributed by atoms with Gasteiger partial charge in [-0.3, -0.25) is 9.88 Å². The molecular formula is C30H34F3N3O2. The van der Waals surface area contributed by atoms with Crippen LogP contribution >= 0.6 is 0 Å². The molecule has 0 fully saturated rings. The van der Waals surface area contributed by atoms with E-state index in [0.29, 0.717) is 30.0 Å². The van der Waals surface area contributed by atoms with Crippen LogP contribution in [0.4, 0.5) is 13.2 Å². The number of para-hydroxylation sites is 1. The number of rotatable bonds is 7. The van der Waals surface area contributed by atoms with Crippen molar-refractivity contribution in [3.8, 4) is 5.75 Å². The van der Waals surface area contributed by atoms with Gasteiger partial charge in [-0.05, 0) is 44.0 Å². The van der Waals surface area contributed by atoms with E-state index in [1.165, 1.54) is 13.8 Å².